The maximum atomic E-state index is 10.5. The third kappa shape index (κ3) is 2.02. The highest BCUT2D eigenvalue weighted by atomic mass is 32.1. The number of carbonyl (C=O) groups excluding carboxylic acids is 1. The number of hydrogen-bond donors (Lipinski definition) is 2. The highest BCUT2D eigenvalue weighted by Gasteiger charge is 1.98. The standard InChI is InChI=1S/C5H9NOS/c1-3-4(2)5(7)6-8/h8H,2-3H2,1H3,(H,6,7). The molecule has 0 aliphatic rings. The zero-order valence-corrected chi connectivity index (χ0v) is 5.66. The lowest BCUT2D eigenvalue weighted by Crippen LogP contribution is -2.13. The van der Waals surface area contributed by atoms with Gasteiger partial charge in [0.1, 0.15) is 0 Å². The molecule has 0 radical (unpaired) electrons. The van der Waals surface area contributed by atoms with Gasteiger partial charge < -0.3 is 0 Å². The monoisotopic (exact) mass is 131 g/mol. The molecule has 0 saturated carbocycles. The van der Waals surface area contributed by atoms with Crippen LogP contribution >= 0.6 is 12.8 Å². The Hall–Kier alpha value is -0.440. The Balaban J connectivity index is 3.64. The molecule has 8 heavy (non-hydrogen) atoms. The number of rotatable bonds is 2. The van der Waals surface area contributed by atoms with Gasteiger partial charge in [-0.15, -0.1) is 0 Å². The van der Waals surface area contributed by atoms with Gasteiger partial charge in [-0.25, -0.2) is 0 Å². The Morgan fingerprint density at radius 3 is 2.50 bits per heavy atom. The fourth-order valence-corrected chi connectivity index (χ4v) is 0.398. The Kier molecular flexibility index (Phi) is 3.35. The lowest BCUT2D eigenvalue weighted by molar-refractivity contribution is -0.115. The zero-order valence-electron chi connectivity index (χ0n) is 4.77. The van der Waals surface area contributed by atoms with Crippen LogP contribution in [0, 0.1) is 0 Å². The quantitative estimate of drug-likeness (QED) is 0.423. The van der Waals surface area contributed by atoms with Crippen molar-refractivity contribution in [1.29, 1.82) is 0 Å². The smallest absolute Gasteiger partial charge is 0.256 e. The van der Waals surface area contributed by atoms with Crippen LogP contribution in [0.3, 0.4) is 0 Å². The molecule has 0 rings (SSSR count). The molecule has 0 aromatic carbocycles. The molecule has 0 spiro atoms. The van der Waals surface area contributed by atoms with E-state index in [1.165, 1.54) is 0 Å². The molecule has 0 fully saturated rings. The van der Waals surface area contributed by atoms with Crippen molar-refractivity contribution < 1.29 is 4.79 Å². The molecule has 3 heteroatoms. The first-order valence-electron chi connectivity index (χ1n) is 2.34. The Labute approximate surface area is 54.5 Å². The van der Waals surface area contributed by atoms with Crippen LogP contribution in [0.1, 0.15) is 13.3 Å². The number of carbonyl (C=O) groups is 1. The van der Waals surface area contributed by atoms with Crippen molar-refractivity contribution in [2.24, 2.45) is 0 Å². The lowest BCUT2D eigenvalue weighted by Gasteiger charge is -1.95. The van der Waals surface area contributed by atoms with Gasteiger partial charge in [-0.2, -0.15) is 0 Å². The fraction of sp³-hybridized carbons (Fsp3) is 0.400. The van der Waals surface area contributed by atoms with E-state index in [1.807, 2.05) is 6.92 Å². The highest BCUT2D eigenvalue weighted by Crippen LogP contribution is 1.94. The van der Waals surface area contributed by atoms with Crippen LogP contribution in [-0.2, 0) is 4.79 Å². The largest absolute Gasteiger partial charge is 0.299 e. The minimum atomic E-state index is -0.198. The molecule has 0 saturated heterocycles. The topological polar surface area (TPSA) is 29.1 Å². The maximum absolute atomic E-state index is 10.5. The van der Waals surface area contributed by atoms with Crippen LogP contribution in [-0.4, -0.2) is 5.91 Å². The maximum Gasteiger partial charge on any atom is 0.256 e. The summed E-state index contributed by atoms with van der Waals surface area (Å²) in [6.07, 6.45) is 0.673. The number of thiol groups is 1. The first-order chi connectivity index (χ1) is 3.72. The molecule has 0 aliphatic carbocycles. The molecule has 0 atom stereocenters. The first kappa shape index (κ1) is 7.56. The first-order valence-corrected chi connectivity index (χ1v) is 2.79. The van der Waals surface area contributed by atoms with Crippen LogP contribution in [0.5, 0.6) is 0 Å². The summed E-state index contributed by atoms with van der Waals surface area (Å²) >= 11 is 3.55. The molecule has 0 aliphatic heterocycles. The summed E-state index contributed by atoms with van der Waals surface area (Å²) in [5, 5.41) is 0. The molecule has 2 nitrogen and oxygen atoms in total. The van der Waals surface area contributed by atoms with Crippen LogP contribution in [0.25, 0.3) is 0 Å². The van der Waals surface area contributed by atoms with E-state index in [2.05, 4.69) is 24.1 Å². The average molecular weight is 131 g/mol. The Morgan fingerprint density at radius 1 is 1.88 bits per heavy atom. The third-order valence-electron chi connectivity index (χ3n) is 0.849. The van der Waals surface area contributed by atoms with E-state index in [0.29, 0.717) is 12.0 Å². The molecule has 0 unspecified atom stereocenters. The number of nitrogens with one attached hydrogen (secondary N) is 1. The van der Waals surface area contributed by atoms with Crippen molar-refractivity contribution in [2.45, 2.75) is 13.3 Å². The zero-order chi connectivity index (χ0) is 6.57. The summed E-state index contributed by atoms with van der Waals surface area (Å²) in [6, 6.07) is 0. The van der Waals surface area contributed by atoms with Crippen molar-refractivity contribution in [3.8, 4) is 0 Å². The van der Waals surface area contributed by atoms with E-state index in [1.54, 1.807) is 0 Å². The molecule has 0 aromatic rings. The molecule has 0 heterocycles. The molecule has 46 valence electrons. The second kappa shape index (κ2) is 3.55. The van der Waals surface area contributed by atoms with Gasteiger partial charge in [0.25, 0.3) is 5.91 Å². The Bertz CT molecular complexity index is 97.0. The van der Waals surface area contributed by atoms with Crippen molar-refractivity contribution in [1.82, 2.24) is 4.72 Å². The van der Waals surface area contributed by atoms with Crippen molar-refractivity contribution in [3.05, 3.63) is 12.2 Å². The summed E-state index contributed by atoms with van der Waals surface area (Å²) in [4.78, 5) is 10.5. The SMILES string of the molecule is C=C(CC)C(=O)NS. The number of amides is 1. The van der Waals surface area contributed by atoms with Gasteiger partial charge in [0.2, 0.25) is 0 Å². The van der Waals surface area contributed by atoms with Crippen LogP contribution < -0.4 is 4.72 Å². The number of hydrogen-bond acceptors (Lipinski definition) is 2. The second-order valence-electron chi connectivity index (χ2n) is 1.40. The van der Waals surface area contributed by atoms with Gasteiger partial charge in [0, 0.05) is 5.57 Å². The molecule has 0 aromatic heterocycles. The summed E-state index contributed by atoms with van der Waals surface area (Å²) in [7, 11) is 0. The van der Waals surface area contributed by atoms with Gasteiger partial charge >= 0.3 is 0 Å². The van der Waals surface area contributed by atoms with Crippen LogP contribution in [0.15, 0.2) is 12.2 Å². The van der Waals surface area contributed by atoms with Gasteiger partial charge in [-0.1, -0.05) is 26.3 Å². The van der Waals surface area contributed by atoms with Crippen molar-refractivity contribution in [2.75, 3.05) is 0 Å². The van der Waals surface area contributed by atoms with E-state index in [0.717, 1.165) is 0 Å². The van der Waals surface area contributed by atoms with E-state index in [9.17, 15) is 4.79 Å². The van der Waals surface area contributed by atoms with Gasteiger partial charge in [0.05, 0.1) is 0 Å². The van der Waals surface area contributed by atoms with Gasteiger partial charge in [0.15, 0.2) is 0 Å². The van der Waals surface area contributed by atoms with Crippen molar-refractivity contribution in [3.63, 3.8) is 0 Å². The lowest BCUT2D eigenvalue weighted by atomic mass is 10.2. The Morgan fingerprint density at radius 2 is 2.38 bits per heavy atom. The summed E-state index contributed by atoms with van der Waals surface area (Å²) in [5.74, 6) is -0.198. The summed E-state index contributed by atoms with van der Waals surface area (Å²) in [6.45, 7) is 5.35. The normalized spacial score (nSPS) is 8.25. The molecule has 1 amide bonds. The van der Waals surface area contributed by atoms with Gasteiger partial charge in [-0.3, -0.25) is 9.52 Å². The molecule has 0 bridgehead atoms. The molecular weight excluding hydrogens is 122 g/mol. The predicted octanol–water partition coefficient (Wildman–Crippen LogP) is 0.914. The van der Waals surface area contributed by atoms with Gasteiger partial charge in [-0.05, 0) is 6.42 Å². The van der Waals surface area contributed by atoms with E-state index in [4.69, 9.17) is 0 Å². The highest BCUT2D eigenvalue weighted by molar-refractivity contribution is 7.78. The predicted molar refractivity (Wildman–Crippen MR) is 36.6 cm³/mol. The van der Waals surface area contributed by atoms with E-state index < -0.39 is 0 Å². The minimum Gasteiger partial charge on any atom is -0.299 e. The van der Waals surface area contributed by atoms with Crippen LogP contribution in [0.4, 0.5) is 0 Å². The van der Waals surface area contributed by atoms with E-state index in [-0.39, 0.29) is 5.91 Å². The summed E-state index contributed by atoms with van der Waals surface area (Å²) in [5.41, 5.74) is 0.556. The molecular formula is C5H9NOS. The molecule has 1 N–H and O–H groups in total. The van der Waals surface area contributed by atoms with Crippen LogP contribution in [0.2, 0.25) is 0 Å². The summed E-state index contributed by atoms with van der Waals surface area (Å²) < 4.78 is 2.17. The van der Waals surface area contributed by atoms with E-state index >= 15 is 0 Å². The second-order valence-corrected chi connectivity index (χ2v) is 1.62. The average Bonchev–Trinajstić information content (AvgIpc) is 1.84. The van der Waals surface area contributed by atoms with Crippen molar-refractivity contribution >= 4 is 18.7 Å². The third-order valence-corrected chi connectivity index (χ3v) is 1.05. The minimum absolute atomic E-state index is 0.198. The fourth-order valence-electron chi connectivity index (χ4n) is 0.240.